The Kier molecular flexibility index (Phi) is 4.31. The van der Waals surface area contributed by atoms with Crippen molar-refractivity contribution in [2.45, 2.75) is 6.92 Å². The van der Waals surface area contributed by atoms with Gasteiger partial charge in [0.1, 0.15) is 0 Å². The molecule has 4 aromatic rings. The Labute approximate surface area is 169 Å². The molecule has 3 heterocycles. The number of nitrogens with zero attached hydrogens (tertiary/aromatic N) is 4. The Hall–Kier alpha value is -3.54. The number of rotatable bonds is 2. The van der Waals surface area contributed by atoms with E-state index in [1.54, 1.807) is 0 Å². The predicted octanol–water partition coefficient (Wildman–Crippen LogP) is 4.15. The SMILES string of the molecule is Cc1cccc(NC(=O)N2CCN(c3nc4ccccc4n4cccc34)CC2)c1. The zero-order valence-corrected chi connectivity index (χ0v) is 16.4. The number of urea groups is 1. The Morgan fingerprint density at radius 3 is 2.55 bits per heavy atom. The summed E-state index contributed by atoms with van der Waals surface area (Å²) < 4.78 is 2.19. The second-order valence-electron chi connectivity index (χ2n) is 7.46. The highest BCUT2D eigenvalue weighted by Crippen LogP contribution is 2.26. The summed E-state index contributed by atoms with van der Waals surface area (Å²) in [6.45, 7) is 4.87. The summed E-state index contributed by atoms with van der Waals surface area (Å²) in [5.41, 5.74) is 5.15. The fourth-order valence-corrected chi connectivity index (χ4v) is 3.99. The molecule has 0 unspecified atom stereocenters. The van der Waals surface area contributed by atoms with Crippen molar-refractivity contribution < 1.29 is 4.79 Å². The minimum Gasteiger partial charge on any atom is -0.351 e. The molecule has 5 rings (SSSR count). The first-order chi connectivity index (χ1) is 14.2. The summed E-state index contributed by atoms with van der Waals surface area (Å²) in [5.74, 6) is 0.979. The number of aromatic nitrogens is 2. The predicted molar refractivity (Wildman–Crippen MR) is 117 cm³/mol. The van der Waals surface area contributed by atoms with E-state index in [0.29, 0.717) is 13.1 Å². The van der Waals surface area contributed by atoms with Gasteiger partial charge in [0, 0.05) is 38.1 Å². The number of nitrogens with one attached hydrogen (secondary N) is 1. The van der Waals surface area contributed by atoms with Crippen molar-refractivity contribution in [2.24, 2.45) is 0 Å². The second-order valence-corrected chi connectivity index (χ2v) is 7.46. The number of aryl methyl sites for hydroxylation is 1. The van der Waals surface area contributed by atoms with Crippen molar-refractivity contribution in [1.82, 2.24) is 14.3 Å². The molecule has 0 bridgehead atoms. The van der Waals surface area contributed by atoms with Gasteiger partial charge in [0.2, 0.25) is 0 Å². The van der Waals surface area contributed by atoms with Crippen LogP contribution in [-0.2, 0) is 0 Å². The molecule has 6 nitrogen and oxygen atoms in total. The number of fused-ring (bicyclic) bond motifs is 3. The van der Waals surface area contributed by atoms with Gasteiger partial charge in [-0.15, -0.1) is 0 Å². The van der Waals surface area contributed by atoms with Crippen LogP contribution in [0.1, 0.15) is 5.56 Å². The standard InChI is InChI=1S/C23H23N5O/c1-17-6-4-7-18(16-17)24-23(29)27-14-12-26(13-15-27)22-21-10-5-11-28(21)20-9-3-2-8-19(20)25-22/h2-11,16H,12-15H2,1H3,(H,24,29). The number of carbonyl (C=O) groups is 1. The normalized spacial score (nSPS) is 14.5. The molecule has 0 aliphatic carbocycles. The quantitative estimate of drug-likeness (QED) is 0.564. The molecule has 1 saturated heterocycles. The number of piperazine rings is 1. The number of hydrogen-bond donors (Lipinski definition) is 1. The average molecular weight is 385 g/mol. The number of hydrogen-bond acceptors (Lipinski definition) is 3. The van der Waals surface area contributed by atoms with E-state index in [9.17, 15) is 4.79 Å². The van der Waals surface area contributed by atoms with Gasteiger partial charge in [-0.2, -0.15) is 0 Å². The van der Waals surface area contributed by atoms with Crippen LogP contribution < -0.4 is 10.2 Å². The first-order valence-corrected chi connectivity index (χ1v) is 9.92. The van der Waals surface area contributed by atoms with Crippen LogP contribution in [0.3, 0.4) is 0 Å². The highest BCUT2D eigenvalue weighted by atomic mass is 16.2. The summed E-state index contributed by atoms with van der Waals surface area (Å²) in [6, 6.07) is 20.2. The van der Waals surface area contributed by atoms with Crippen molar-refractivity contribution in [3.05, 3.63) is 72.4 Å². The molecule has 0 atom stereocenters. The van der Waals surface area contributed by atoms with E-state index in [0.717, 1.165) is 46.7 Å². The average Bonchev–Trinajstić information content (AvgIpc) is 3.24. The van der Waals surface area contributed by atoms with E-state index >= 15 is 0 Å². The van der Waals surface area contributed by atoms with Gasteiger partial charge < -0.3 is 19.5 Å². The maximum atomic E-state index is 12.6. The van der Waals surface area contributed by atoms with E-state index in [-0.39, 0.29) is 6.03 Å². The maximum absolute atomic E-state index is 12.6. The van der Waals surface area contributed by atoms with Crippen molar-refractivity contribution >= 4 is 34.1 Å². The van der Waals surface area contributed by atoms with Gasteiger partial charge in [-0.05, 0) is 48.9 Å². The molecule has 0 radical (unpaired) electrons. The van der Waals surface area contributed by atoms with Crippen LogP contribution >= 0.6 is 0 Å². The molecule has 0 saturated carbocycles. The van der Waals surface area contributed by atoms with E-state index in [4.69, 9.17) is 4.98 Å². The largest absolute Gasteiger partial charge is 0.351 e. The van der Waals surface area contributed by atoms with Gasteiger partial charge in [-0.3, -0.25) is 0 Å². The van der Waals surface area contributed by atoms with E-state index in [1.807, 2.05) is 54.3 Å². The van der Waals surface area contributed by atoms with Gasteiger partial charge >= 0.3 is 6.03 Å². The molecule has 29 heavy (non-hydrogen) atoms. The smallest absolute Gasteiger partial charge is 0.321 e. The molecule has 0 spiro atoms. The first kappa shape index (κ1) is 17.6. The van der Waals surface area contributed by atoms with Crippen LogP contribution in [0.5, 0.6) is 0 Å². The Bertz CT molecular complexity index is 1190. The van der Waals surface area contributed by atoms with Crippen molar-refractivity contribution in [3.8, 4) is 0 Å². The molecule has 1 aliphatic heterocycles. The van der Waals surface area contributed by atoms with Crippen LogP contribution in [0, 0.1) is 6.92 Å². The molecular formula is C23H23N5O. The number of benzene rings is 2. The Morgan fingerprint density at radius 1 is 0.931 bits per heavy atom. The van der Waals surface area contributed by atoms with E-state index in [1.165, 1.54) is 0 Å². The van der Waals surface area contributed by atoms with Crippen molar-refractivity contribution in [2.75, 3.05) is 36.4 Å². The van der Waals surface area contributed by atoms with E-state index < -0.39 is 0 Å². The lowest BCUT2D eigenvalue weighted by Crippen LogP contribution is -2.50. The zero-order valence-electron chi connectivity index (χ0n) is 16.4. The van der Waals surface area contributed by atoms with Gasteiger partial charge in [0.15, 0.2) is 5.82 Å². The summed E-state index contributed by atoms with van der Waals surface area (Å²) in [6.07, 6.45) is 2.08. The van der Waals surface area contributed by atoms with E-state index in [2.05, 4.69) is 39.0 Å². The second kappa shape index (κ2) is 7.13. The third kappa shape index (κ3) is 3.27. The van der Waals surface area contributed by atoms with Crippen molar-refractivity contribution in [3.63, 3.8) is 0 Å². The van der Waals surface area contributed by atoms with Crippen LogP contribution in [0.25, 0.3) is 16.6 Å². The molecule has 2 aromatic carbocycles. The lowest BCUT2D eigenvalue weighted by molar-refractivity contribution is 0.208. The monoisotopic (exact) mass is 385 g/mol. The fraction of sp³-hybridized carbons (Fsp3) is 0.217. The highest BCUT2D eigenvalue weighted by Gasteiger charge is 2.24. The Morgan fingerprint density at radius 2 is 1.72 bits per heavy atom. The van der Waals surface area contributed by atoms with Gasteiger partial charge in [-0.25, -0.2) is 9.78 Å². The van der Waals surface area contributed by atoms with Crippen LogP contribution in [-0.4, -0.2) is 46.5 Å². The van der Waals surface area contributed by atoms with Crippen LogP contribution in [0.15, 0.2) is 66.9 Å². The zero-order chi connectivity index (χ0) is 19.8. The first-order valence-electron chi connectivity index (χ1n) is 9.92. The molecule has 1 fully saturated rings. The highest BCUT2D eigenvalue weighted by molar-refractivity contribution is 5.90. The number of para-hydroxylation sites is 2. The third-order valence-corrected chi connectivity index (χ3v) is 5.48. The summed E-state index contributed by atoms with van der Waals surface area (Å²) >= 11 is 0. The van der Waals surface area contributed by atoms with Gasteiger partial charge in [-0.1, -0.05) is 24.3 Å². The third-order valence-electron chi connectivity index (χ3n) is 5.48. The molecule has 2 aromatic heterocycles. The molecule has 146 valence electrons. The molecule has 6 heteroatoms. The lowest BCUT2D eigenvalue weighted by Gasteiger charge is -2.35. The van der Waals surface area contributed by atoms with Gasteiger partial charge in [0.05, 0.1) is 16.6 Å². The number of carbonyl (C=O) groups excluding carboxylic acids is 1. The molecule has 1 aliphatic rings. The van der Waals surface area contributed by atoms with Crippen LogP contribution in [0.4, 0.5) is 16.3 Å². The summed E-state index contributed by atoms with van der Waals surface area (Å²) in [5, 5.41) is 3.01. The van der Waals surface area contributed by atoms with Crippen LogP contribution in [0.2, 0.25) is 0 Å². The number of amides is 2. The number of anilines is 2. The minimum absolute atomic E-state index is 0.0467. The fourth-order valence-electron chi connectivity index (χ4n) is 3.99. The van der Waals surface area contributed by atoms with Crippen molar-refractivity contribution in [1.29, 1.82) is 0 Å². The molecule has 1 N–H and O–H groups in total. The maximum Gasteiger partial charge on any atom is 0.321 e. The Balaban J connectivity index is 1.34. The summed E-state index contributed by atoms with van der Waals surface area (Å²) in [4.78, 5) is 21.7. The minimum atomic E-state index is -0.0467. The van der Waals surface area contributed by atoms with Gasteiger partial charge in [0.25, 0.3) is 0 Å². The lowest BCUT2D eigenvalue weighted by atomic mass is 10.2. The summed E-state index contributed by atoms with van der Waals surface area (Å²) in [7, 11) is 0. The molecular weight excluding hydrogens is 362 g/mol. The topological polar surface area (TPSA) is 52.9 Å². The molecule has 2 amide bonds.